The summed E-state index contributed by atoms with van der Waals surface area (Å²) in [5, 5.41) is 37.6. The van der Waals surface area contributed by atoms with E-state index in [9.17, 15) is 20.4 Å². The van der Waals surface area contributed by atoms with E-state index in [2.05, 4.69) is 0 Å². The molecule has 0 fully saturated rings. The van der Waals surface area contributed by atoms with Gasteiger partial charge in [-0.3, -0.25) is 9.80 Å². The van der Waals surface area contributed by atoms with E-state index in [0.717, 1.165) is 0 Å². The van der Waals surface area contributed by atoms with Crippen LogP contribution in [-0.4, -0.2) is 68.2 Å². The molecule has 0 saturated heterocycles. The molecule has 0 aromatic heterocycles. The van der Waals surface area contributed by atoms with Crippen molar-refractivity contribution in [2.24, 2.45) is 0 Å². The summed E-state index contributed by atoms with van der Waals surface area (Å²) in [6.07, 6.45) is -3.09. The molecular formula is C10H24N2O4. The summed E-state index contributed by atoms with van der Waals surface area (Å²) < 4.78 is 0. The van der Waals surface area contributed by atoms with Crippen molar-refractivity contribution in [2.45, 2.75) is 52.6 Å². The zero-order valence-corrected chi connectivity index (χ0v) is 10.4. The Morgan fingerprint density at radius 2 is 0.812 bits per heavy atom. The standard InChI is InChI=1S/C10H24N2O4/c1-7(13)11(8(2)14)5-6-12(9(3)15)10(4)16/h7-10,13-16H,5-6H2,1-4H3. The van der Waals surface area contributed by atoms with Gasteiger partial charge < -0.3 is 20.4 Å². The molecule has 98 valence electrons. The maximum atomic E-state index is 9.40. The van der Waals surface area contributed by atoms with Crippen molar-refractivity contribution in [3.8, 4) is 0 Å². The van der Waals surface area contributed by atoms with Crippen molar-refractivity contribution in [3.63, 3.8) is 0 Å². The molecule has 4 atom stereocenters. The van der Waals surface area contributed by atoms with Crippen LogP contribution in [0, 0.1) is 0 Å². The fourth-order valence-electron chi connectivity index (χ4n) is 1.60. The Morgan fingerprint density at radius 3 is 0.938 bits per heavy atom. The van der Waals surface area contributed by atoms with Crippen molar-refractivity contribution in [1.82, 2.24) is 9.80 Å². The van der Waals surface area contributed by atoms with Crippen molar-refractivity contribution in [2.75, 3.05) is 13.1 Å². The molecule has 16 heavy (non-hydrogen) atoms. The Kier molecular flexibility index (Phi) is 7.05. The highest BCUT2D eigenvalue weighted by Crippen LogP contribution is 2.05. The first-order chi connectivity index (χ1) is 7.27. The van der Waals surface area contributed by atoms with Gasteiger partial charge in [-0.1, -0.05) is 0 Å². The van der Waals surface area contributed by atoms with Gasteiger partial charge in [0, 0.05) is 13.1 Å². The lowest BCUT2D eigenvalue weighted by Crippen LogP contribution is -2.48. The molecule has 0 aromatic carbocycles. The minimum absolute atomic E-state index is 0.352. The van der Waals surface area contributed by atoms with Crippen molar-refractivity contribution in [3.05, 3.63) is 0 Å². The van der Waals surface area contributed by atoms with Gasteiger partial charge in [-0.15, -0.1) is 0 Å². The summed E-state index contributed by atoms with van der Waals surface area (Å²) in [7, 11) is 0. The quantitative estimate of drug-likeness (QED) is 0.422. The molecule has 0 bridgehead atoms. The van der Waals surface area contributed by atoms with Crippen LogP contribution in [0.3, 0.4) is 0 Å². The topological polar surface area (TPSA) is 87.4 Å². The smallest absolute Gasteiger partial charge is 0.106 e. The first-order valence-corrected chi connectivity index (χ1v) is 5.51. The SMILES string of the molecule is CC(O)N(CCN(C(C)O)C(C)O)C(C)O. The molecule has 0 aliphatic heterocycles. The summed E-state index contributed by atoms with van der Waals surface area (Å²) in [5.41, 5.74) is 0. The molecule has 4 unspecified atom stereocenters. The first-order valence-electron chi connectivity index (χ1n) is 5.51. The molecule has 6 nitrogen and oxygen atoms in total. The van der Waals surface area contributed by atoms with Gasteiger partial charge in [0.1, 0.15) is 24.9 Å². The second kappa shape index (κ2) is 7.16. The van der Waals surface area contributed by atoms with Crippen LogP contribution in [0.25, 0.3) is 0 Å². The van der Waals surface area contributed by atoms with Crippen molar-refractivity contribution in [1.29, 1.82) is 0 Å². The predicted octanol–water partition coefficient (Wildman–Crippen LogP) is -1.06. The molecule has 0 aliphatic rings. The lowest BCUT2D eigenvalue weighted by molar-refractivity contribution is -0.117. The Morgan fingerprint density at radius 1 is 0.625 bits per heavy atom. The molecule has 0 heterocycles. The molecular weight excluding hydrogens is 212 g/mol. The van der Waals surface area contributed by atoms with Crippen LogP contribution in [0.15, 0.2) is 0 Å². The fourth-order valence-corrected chi connectivity index (χ4v) is 1.60. The summed E-state index contributed by atoms with van der Waals surface area (Å²) in [6.45, 7) is 6.93. The Balaban J connectivity index is 4.27. The van der Waals surface area contributed by atoms with Gasteiger partial charge in [-0.2, -0.15) is 0 Å². The van der Waals surface area contributed by atoms with Gasteiger partial charge >= 0.3 is 0 Å². The molecule has 0 amide bonds. The Labute approximate surface area is 96.7 Å². The molecule has 0 radical (unpaired) electrons. The van der Waals surface area contributed by atoms with E-state index in [0.29, 0.717) is 13.1 Å². The number of nitrogens with zero attached hydrogens (tertiary/aromatic N) is 2. The minimum atomic E-state index is -0.773. The number of hydrogen-bond acceptors (Lipinski definition) is 6. The molecule has 0 spiro atoms. The van der Waals surface area contributed by atoms with Crippen LogP contribution in [0.5, 0.6) is 0 Å². The van der Waals surface area contributed by atoms with Crippen LogP contribution in [0.2, 0.25) is 0 Å². The highest BCUT2D eigenvalue weighted by Gasteiger charge is 2.21. The highest BCUT2D eigenvalue weighted by molar-refractivity contribution is 4.65. The van der Waals surface area contributed by atoms with Gasteiger partial charge in [0.2, 0.25) is 0 Å². The van der Waals surface area contributed by atoms with Crippen LogP contribution >= 0.6 is 0 Å². The lowest BCUT2D eigenvalue weighted by Gasteiger charge is -2.33. The fraction of sp³-hybridized carbons (Fsp3) is 1.00. The first kappa shape index (κ1) is 15.8. The molecule has 0 saturated carbocycles. The summed E-state index contributed by atoms with van der Waals surface area (Å²) in [4.78, 5) is 2.91. The largest absolute Gasteiger partial charge is 0.379 e. The van der Waals surface area contributed by atoms with Crippen LogP contribution in [0.1, 0.15) is 27.7 Å². The average molecular weight is 236 g/mol. The second-order valence-electron chi connectivity index (χ2n) is 4.00. The number of rotatable bonds is 7. The third kappa shape index (κ3) is 5.20. The van der Waals surface area contributed by atoms with Gasteiger partial charge in [0.05, 0.1) is 0 Å². The maximum Gasteiger partial charge on any atom is 0.106 e. The predicted molar refractivity (Wildman–Crippen MR) is 60.1 cm³/mol. The third-order valence-electron chi connectivity index (χ3n) is 2.54. The summed E-state index contributed by atoms with van der Waals surface area (Å²) in [5.74, 6) is 0. The van der Waals surface area contributed by atoms with Gasteiger partial charge in [-0.25, -0.2) is 0 Å². The van der Waals surface area contributed by atoms with Gasteiger partial charge in [-0.05, 0) is 27.7 Å². The maximum absolute atomic E-state index is 9.40. The van der Waals surface area contributed by atoms with Crippen molar-refractivity contribution >= 4 is 0 Å². The zero-order valence-electron chi connectivity index (χ0n) is 10.4. The highest BCUT2D eigenvalue weighted by atomic mass is 16.3. The number of aliphatic hydroxyl groups is 4. The van der Waals surface area contributed by atoms with Crippen LogP contribution in [-0.2, 0) is 0 Å². The van der Waals surface area contributed by atoms with Crippen LogP contribution in [0.4, 0.5) is 0 Å². The van der Waals surface area contributed by atoms with E-state index in [-0.39, 0.29) is 0 Å². The third-order valence-corrected chi connectivity index (χ3v) is 2.54. The molecule has 4 N–H and O–H groups in total. The molecule has 6 heteroatoms. The van der Waals surface area contributed by atoms with Crippen molar-refractivity contribution < 1.29 is 20.4 Å². The molecule has 0 aromatic rings. The number of aliphatic hydroxyl groups excluding tert-OH is 4. The lowest BCUT2D eigenvalue weighted by atomic mass is 10.3. The monoisotopic (exact) mass is 236 g/mol. The average Bonchev–Trinajstić information content (AvgIpc) is 2.09. The van der Waals surface area contributed by atoms with Crippen LogP contribution < -0.4 is 0 Å². The zero-order chi connectivity index (χ0) is 12.9. The molecule has 0 rings (SSSR count). The Bertz CT molecular complexity index is 150. The van der Waals surface area contributed by atoms with E-state index in [1.807, 2.05) is 0 Å². The normalized spacial score (nSPS) is 19.9. The van der Waals surface area contributed by atoms with E-state index in [1.54, 1.807) is 27.7 Å². The van der Waals surface area contributed by atoms with Gasteiger partial charge in [0.25, 0.3) is 0 Å². The van der Waals surface area contributed by atoms with E-state index in [4.69, 9.17) is 0 Å². The van der Waals surface area contributed by atoms with E-state index >= 15 is 0 Å². The summed E-state index contributed by atoms with van der Waals surface area (Å²) >= 11 is 0. The second-order valence-corrected chi connectivity index (χ2v) is 4.00. The summed E-state index contributed by atoms with van der Waals surface area (Å²) in [6, 6.07) is 0. The Hall–Kier alpha value is -0.240. The van der Waals surface area contributed by atoms with E-state index in [1.165, 1.54) is 9.80 Å². The minimum Gasteiger partial charge on any atom is -0.379 e. The molecule has 0 aliphatic carbocycles. The number of hydrogen-bond donors (Lipinski definition) is 4. The van der Waals surface area contributed by atoms with E-state index < -0.39 is 24.9 Å². The van der Waals surface area contributed by atoms with Gasteiger partial charge in [0.15, 0.2) is 0 Å².